The fourth-order valence-corrected chi connectivity index (χ4v) is 2.47. The Balaban J connectivity index is 1.76. The second-order valence-corrected chi connectivity index (χ2v) is 5.02. The molecular formula is C15H18N4O2. The van der Waals surface area contributed by atoms with Crippen molar-refractivity contribution in [3.05, 3.63) is 30.2 Å². The molecule has 0 atom stereocenters. The van der Waals surface area contributed by atoms with Gasteiger partial charge < -0.3 is 14.7 Å². The molecule has 1 aliphatic heterocycles. The molecule has 0 aliphatic carbocycles. The van der Waals surface area contributed by atoms with Crippen LogP contribution in [0.5, 0.6) is 0 Å². The van der Waals surface area contributed by atoms with Crippen molar-refractivity contribution < 1.29 is 9.32 Å². The molecular weight excluding hydrogens is 268 g/mol. The average Bonchev–Trinajstić information content (AvgIpc) is 3.19. The minimum absolute atomic E-state index is 0.00419. The number of hydrogen-bond acceptors (Lipinski definition) is 5. The van der Waals surface area contributed by atoms with Crippen LogP contribution in [0.4, 0.5) is 5.69 Å². The van der Waals surface area contributed by atoms with Crippen molar-refractivity contribution in [2.75, 3.05) is 24.5 Å². The van der Waals surface area contributed by atoms with E-state index in [1.807, 2.05) is 19.1 Å². The average molecular weight is 286 g/mol. The van der Waals surface area contributed by atoms with E-state index in [1.54, 1.807) is 0 Å². The molecule has 3 rings (SSSR count). The van der Waals surface area contributed by atoms with Crippen LogP contribution >= 0.6 is 0 Å². The first-order valence-electron chi connectivity index (χ1n) is 7.25. The molecule has 1 fully saturated rings. The summed E-state index contributed by atoms with van der Waals surface area (Å²) in [6.45, 7) is 4.60. The fourth-order valence-electron chi connectivity index (χ4n) is 2.47. The lowest BCUT2D eigenvalue weighted by atomic mass is 10.2. The molecule has 1 aliphatic rings. The third-order valence-electron chi connectivity index (χ3n) is 3.55. The van der Waals surface area contributed by atoms with E-state index in [4.69, 9.17) is 4.52 Å². The van der Waals surface area contributed by atoms with E-state index in [9.17, 15) is 4.79 Å². The molecule has 0 spiro atoms. The number of aromatic nitrogens is 2. The Hall–Kier alpha value is -2.37. The number of hydrogen-bond donors (Lipinski definition) is 1. The van der Waals surface area contributed by atoms with Gasteiger partial charge in [0.1, 0.15) is 0 Å². The summed E-state index contributed by atoms with van der Waals surface area (Å²) in [6.07, 6.45) is 2.50. The van der Waals surface area contributed by atoms with Gasteiger partial charge in [-0.2, -0.15) is 4.98 Å². The summed E-state index contributed by atoms with van der Waals surface area (Å²) in [5, 5.41) is 6.49. The van der Waals surface area contributed by atoms with Crippen LogP contribution in [0.3, 0.4) is 0 Å². The number of carbonyl (C=O) groups excluding carboxylic acids is 1. The first kappa shape index (κ1) is 13.6. The molecule has 1 aromatic carbocycles. The van der Waals surface area contributed by atoms with Gasteiger partial charge in [0.25, 0.3) is 0 Å². The Labute approximate surface area is 123 Å². The summed E-state index contributed by atoms with van der Waals surface area (Å²) in [5.74, 6) is 0.0876. The summed E-state index contributed by atoms with van der Waals surface area (Å²) in [4.78, 5) is 18.1. The van der Waals surface area contributed by atoms with Crippen molar-refractivity contribution in [3.8, 4) is 11.4 Å². The normalized spacial score (nSPS) is 14.4. The highest BCUT2D eigenvalue weighted by molar-refractivity contribution is 5.89. The molecule has 0 radical (unpaired) electrons. The zero-order valence-corrected chi connectivity index (χ0v) is 12.0. The van der Waals surface area contributed by atoms with E-state index in [2.05, 4.69) is 32.5 Å². The third-order valence-corrected chi connectivity index (χ3v) is 3.55. The highest BCUT2D eigenvalue weighted by Crippen LogP contribution is 2.23. The fraction of sp³-hybridized carbons (Fsp3) is 0.400. The molecule has 1 amide bonds. The Kier molecular flexibility index (Phi) is 3.85. The maximum absolute atomic E-state index is 11.6. The first-order chi connectivity index (χ1) is 10.3. The number of benzene rings is 1. The molecule has 1 aromatic heterocycles. The van der Waals surface area contributed by atoms with E-state index >= 15 is 0 Å². The quantitative estimate of drug-likeness (QED) is 0.931. The van der Waals surface area contributed by atoms with Gasteiger partial charge >= 0.3 is 11.8 Å². The van der Waals surface area contributed by atoms with Crippen LogP contribution in [0.25, 0.3) is 11.4 Å². The van der Waals surface area contributed by atoms with E-state index in [1.165, 1.54) is 18.5 Å². The van der Waals surface area contributed by atoms with E-state index in [-0.39, 0.29) is 11.8 Å². The van der Waals surface area contributed by atoms with Crippen LogP contribution in [-0.4, -0.2) is 35.7 Å². The van der Waals surface area contributed by atoms with Gasteiger partial charge in [-0.25, -0.2) is 0 Å². The van der Waals surface area contributed by atoms with Crippen LogP contribution < -0.4 is 10.2 Å². The lowest BCUT2D eigenvalue weighted by Crippen LogP contribution is -2.22. The number of anilines is 1. The summed E-state index contributed by atoms with van der Waals surface area (Å²) in [7, 11) is 0. The topological polar surface area (TPSA) is 71.3 Å². The van der Waals surface area contributed by atoms with E-state index in [0.717, 1.165) is 18.7 Å². The second kappa shape index (κ2) is 5.95. The molecule has 6 nitrogen and oxygen atoms in total. The van der Waals surface area contributed by atoms with Crippen molar-refractivity contribution in [2.24, 2.45) is 0 Å². The van der Waals surface area contributed by atoms with Gasteiger partial charge in [-0.05, 0) is 44.0 Å². The van der Waals surface area contributed by atoms with Crippen molar-refractivity contribution >= 4 is 11.6 Å². The number of nitrogens with one attached hydrogen (secondary N) is 1. The maximum Gasteiger partial charge on any atom is 0.316 e. The molecule has 0 bridgehead atoms. The molecule has 2 aromatic rings. The van der Waals surface area contributed by atoms with Gasteiger partial charge in [-0.1, -0.05) is 5.16 Å². The Morgan fingerprint density at radius 3 is 2.67 bits per heavy atom. The molecule has 21 heavy (non-hydrogen) atoms. The molecule has 110 valence electrons. The summed E-state index contributed by atoms with van der Waals surface area (Å²) >= 11 is 0. The van der Waals surface area contributed by atoms with Gasteiger partial charge in [-0.3, -0.25) is 4.79 Å². The summed E-state index contributed by atoms with van der Waals surface area (Å²) in [5.41, 5.74) is 2.06. The minimum Gasteiger partial charge on any atom is -0.372 e. The van der Waals surface area contributed by atoms with Crippen LogP contribution in [0.1, 0.15) is 30.5 Å². The maximum atomic E-state index is 11.6. The van der Waals surface area contributed by atoms with Crippen LogP contribution in [0.2, 0.25) is 0 Å². The SMILES string of the molecule is CCNC(=O)c1nc(-c2ccc(N3CCCC3)cc2)no1. The zero-order chi connectivity index (χ0) is 14.7. The second-order valence-electron chi connectivity index (χ2n) is 5.02. The standard InChI is InChI=1S/C15H18N4O2/c1-2-16-14(20)15-17-13(18-21-15)11-5-7-12(8-6-11)19-9-3-4-10-19/h5-8H,2-4,9-10H2,1H3,(H,16,20). The number of nitrogens with zero attached hydrogens (tertiary/aromatic N) is 3. The minimum atomic E-state index is -0.343. The van der Waals surface area contributed by atoms with Gasteiger partial charge in [0.15, 0.2) is 0 Å². The van der Waals surface area contributed by atoms with Crippen molar-refractivity contribution in [3.63, 3.8) is 0 Å². The van der Waals surface area contributed by atoms with Crippen LogP contribution in [-0.2, 0) is 0 Å². The van der Waals surface area contributed by atoms with Gasteiger partial charge in [0, 0.05) is 30.9 Å². The predicted molar refractivity (Wildman–Crippen MR) is 79.2 cm³/mol. The largest absolute Gasteiger partial charge is 0.372 e. The smallest absolute Gasteiger partial charge is 0.316 e. The number of amides is 1. The van der Waals surface area contributed by atoms with Crippen LogP contribution in [0.15, 0.2) is 28.8 Å². The molecule has 0 saturated carbocycles. The molecule has 1 N–H and O–H groups in total. The molecule has 6 heteroatoms. The number of carbonyl (C=O) groups is 1. The van der Waals surface area contributed by atoms with Crippen molar-refractivity contribution in [2.45, 2.75) is 19.8 Å². The summed E-state index contributed by atoms with van der Waals surface area (Å²) in [6, 6.07) is 8.03. The van der Waals surface area contributed by atoms with Gasteiger partial charge in [0.05, 0.1) is 0 Å². The van der Waals surface area contributed by atoms with E-state index in [0.29, 0.717) is 12.4 Å². The third kappa shape index (κ3) is 2.89. The van der Waals surface area contributed by atoms with Crippen molar-refractivity contribution in [1.29, 1.82) is 0 Å². The lowest BCUT2D eigenvalue weighted by molar-refractivity contribution is 0.0912. The Morgan fingerprint density at radius 1 is 1.29 bits per heavy atom. The number of rotatable bonds is 4. The monoisotopic (exact) mass is 286 g/mol. The van der Waals surface area contributed by atoms with Crippen molar-refractivity contribution in [1.82, 2.24) is 15.5 Å². The van der Waals surface area contributed by atoms with E-state index < -0.39 is 0 Å². The van der Waals surface area contributed by atoms with Crippen LogP contribution in [0, 0.1) is 0 Å². The Morgan fingerprint density at radius 2 is 2.00 bits per heavy atom. The van der Waals surface area contributed by atoms with Gasteiger partial charge in [0.2, 0.25) is 5.82 Å². The summed E-state index contributed by atoms with van der Waals surface area (Å²) < 4.78 is 4.98. The predicted octanol–water partition coefficient (Wildman–Crippen LogP) is 2.09. The lowest BCUT2D eigenvalue weighted by Gasteiger charge is -2.17. The Bertz CT molecular complexity index is 615. The zero-order valence-electron chi connectivity index (χ0n) is 12.0. The first-order valence-corrected chi connectivity index (χ1v) is 7.25. The molecule has 1 saturated heterocycles. The molecule has 0 unspecified atom stereocenters. The highest BCUT2D eigenvalue weighted by Gasteiger charge is 2.16. The highest BCUT2D eigenvalue weighted by atomic mass is 16.5. The van der Waals surface area contributed by atoms with Gasteiger partial charge in [-0.15, -0.1) is 0 Å². The molecule has 2 heterocycles.